The van der Waals surface area contributed by atoms with Crippen molar-refractivity contribution < 1.29 is 18.8 Å². The molecule has 8 nitrogen and oxygen atoms in total. The van der Waals surface area contributed by atoms with Crippen LogP contribution in [0.3, 0.4) is 0 Å². The summed E-state index contributed by atoms with van der Waals surface area (Å²) in [7, 11) is 1.70. The van der Waals surface area contributed by atoms with E-state index in [0.29, 0.717) is 6.54 Å². The molecule has 0 radical (unpaired) electrons. The number of aryl methyl sites for hydroxylation is 1. The summed E-state index contributed by atoms with van der Waals surface area (Å²) in [5, 5.41) is 6.04. The molecular formula is C31H34FN5O3. The molecule has 0 saturated carbocycles. The van der Waals surface area contributed by atoms with E-state index < -0.39 is 12.2 Å². The number of rotatable bonds is 8. The van der Waals surface area contributed by atoms with Crippen LogP contribution < -0.4 is 5.32 Å². The number of hydrogen-bond donors (Lipinski definition) is 1. The molecule has 3 aromatic rings. The normalized spacial score (nSPS) is 19.5. The third-order valence-electron chi connectivity index (χ3n) is 7.50. The first kappa shape index (κ1) is 27.3. The lowest BCUT2D eigenvalue weighted by molar-refractivity contribution is -0.187. The van der Waals surface area contributed by atoms with Gasteiger partial charge in [-0.3, -0.25) is 9.59 Å². The molecule has 0 unspecified atom stereocenters. The lowest BCUT2D eigenvalue weighted by Gasteiger charge is -2.54. The Balaban J connectivity index is 1.36. The molecule has 2 saturated heterocycles. The van der Waals surface area contributed by atoms with Gasteiger partial charge < -0.3 is 15.1 Å². The van der Waals surface area contributed by atoms with Crippen molar-refractivity contribution in [2.24, 2.45) is 0 Å². The van der Waals surface area contributed by atoms with Gasteiger partial charge in [0.25, 0.3) is 0 Å². The van der Waals surface area contributed by atoms with E-state index in [0.717, 1.165) is 30.4 Å². The van der Waals surface area contributed by atoms with Crippen molar-refractivity contribution in [2.75, 3.05) is 26.7 Å². The highest BCUT2D eigenvalue weighted by Crippen LogP contribution is 2.34. The zero-order valence-electron chi connectivity index (χ0n) is 22.6. The van der Waals surface area contributed by atoms with Gasteiger partial charge in [0.05, 0.1) is 13.1 Å². The average molecular weight is 544 g/mol. The van der Waals surface area contributed by atoms with Gasteiger partial charge in [-0.25, -0.2) is 19.2 Å². The number of halogens is 1. The standard InChI is InChI=1S/C31H34FN5O3/c1-34-22-28(38)36-27(37(34)31(40)33-20-24-15-17-26(32)18-16-24)21-35(19-9-8-12-23-10-4-2-5-11-23)30(39)29(36)25-13-6-3-7-14-25/h2-7,10-11,13-18,27,29H,8-9,12,19-22H2,1H3,(H,33,40)/t27-,29-/m0/s1. The average Bonchev–Trinajstić information content (AvgIpc) is 2.96. The van der Waals surface area contributed by atoms with Crippen molar-refractivity contribution in [1.82, 2.24) is 25.1 Å². The number of fused-ring (bicyclic) bond motifs is 1. The first-order valence-electron chi connectivity index (χ1n) is 13.6. The molecule has 2 atom stereocenters. The fourth-order valence-corrected chi connectivity index (χ4v) is 5.49. The van der Waals surface area contributed by atoms with Crippen LogP contribution in [-0.2, 0) is 22.6 Å². The van der Waals surface area contributed by atoms with Gasteiger partial charge in [0, 0.05) is 20.1 Å². The number of piperazine rings is 1. The number of nitrogens with one attached hydrogen (secondary N) is 1. The van der Waals surface area contributed by atoms with Gasteiger partial charge in [-0.1, -0.05) is 72.8 Å². The van der Waals surface area contributed by atoms with Crippen LogP contribution in [0.15, 0.2) is 84.9 Å². The van der Waals surface area contributed by atoms with E-state index in [1.807, 2.05) is 48.5 Å². The zero-order valence-corrected chi connectivity index (χ0v) is 22.6. The van der Waals surface area contributed by atoms with Crippen LogP contribution in [0.25, 0.3) is 0 Å². The van der Waals surface area contributed by atoms with Gasteiger partial charge in [-0.2, -0.15) is 0 Å². The van der Waals surface area contributed by atoms with E-state index in [2.05, 4.69) is 17.4 Å². The maximum absolute atomic E-state index is 13.9. The Kier molecular flexibility index (Phi) is 8.40. The second-order valence-electron chi connectivity index (χ2n) is 10.3. The monoisotopic (exact) mass is 543 g/mol. The molecular weight excluding hydrogens is 509 g/mol. The molecule has 9 heteroatoms. The first-order valence-corrected chi connectivity index (χ1v) is 13.6. The largest absolute Gasteiger partial charge is 0.337 e. The molecule has 0 aliphatic carbocycles. The summed E-state index contributed by atoms with van der Waals surface area (Å²) in [5.74, 6) is -0.685. The molecule has 0 spiro atoms. The van der Waals surface area contributed by atoms with E-state index in [-0.39, 0.29) is 43.3 Å². The quantitative estimate of drug-likeness (QED) is 0.437. The molecule has 40 heavy (non-hydrogen) atoms. The first-order chi connectivity index (χ1) is 19.4. The van der Waals surface area contributed by atoms with E-state index in [1.165, 1.54) is 22.7 Å². The molecule has 0 bridgehead atoms. The van der Waals surface area contributed by atoms with E-state index in [9.17, 15) is 18.8 Å². The highest BCUT2D eigenvalue weighted by molar-refractivity contribution is 5.92. The summed E-state index contributed by atoms with van der Waals surface area (Å²) in [4.78, 5) is 44.1. The van der Waals surface area contributed by atoms with Crippen molar-refractivity contribution >= 4 is 17.8 Å². The molecule has 2 fully saturated rings. The second kappa shape index (κ2) is 12.3. The van der Waals surface area contributed by atoms with Crippen LogP contribution in [0.5, 0.6) is 0 Å². The minimum Gasteiger partial charge on any atom is -0.337 e. The van der Waals surface area contributed by atoms with Gasteiger partial charge in [0.1, 0.15) is 18.0 Å². The Hall–Kier alpha value is -4.24. The van der Waals surface area contributed by atoms with Crippen LogP contribution in [0, 0.1) is 5.82 Å². The number of amides is 4. The highest BCUT2D eigenvalue weighted by Gasteiger charge is 2.51. The lowest BCUT2D eigenvalue weighted by Crippen LogP contribution is -2.73. The topological polar surface area (TPSA) is 76.2 Å². The fraction of sp³-hybridized carbons (Fsp3) is 0.323. The number of hydrazine groups is 1. The molecule has 2 aliphatic heterocycles. The number of hydrogen-bond acceptors (Lipinski definition) is 4. The maximum atomic E-state index is 13.9. The van der Waals surface area contributed by atoms with Crippen molar-refractivity contribution in [1.29, 1.82) is 0 Å². The minimum absolute atomic E-state index is 0.0336. The van der Waals surface area contributed by atoms with Crippen molar-refractivity contribution in [3.05, 3.63) is 107 Å². The molecule has 4 amide bonds. The number of carbonyl (C=O) groups is 3. The van der Waals surface area contributed by atoms with Crippen LogP contribution in [0.2, 0.25) is 0 Å². The zero-order chi connectivity index (χ0) is 28.1. The molecule has 2 heterocycles. The van der Waals surface area contributed by atoms with Gasteiger partial charge in [0.2, 0.25) is 11.8 Å². The van der Waals surface area contributed by atoms with E-state index in [4.69, 9.17) is 0 Å². The summed E-state index contributed by atoms with van der Waals surface area (Å²) in [6.07, 6.45) is 1.96. The third kappa shape index (κ3) is 5.99. The Morgan fingerprint density at radius 1 is 0.900 bits per heavy atom. The summed E-state index contributed by atoms with van der Waals surface area (Å²) < 4.78 is 13.3. The van der Waals surface area contributed by atoms with Gasteiger partial charge in [0.15, 0.2) is 0 Å². The predicted octanol–water partition coefficient (Wildman–Crippen LogP) is 3.96. The summed E-state index contributed by atoms with van der Waals surface area (Å²) >= 11 is 0. The summed E-state index contributed by atoms with van der Waals surface area (Å²) in [6, 6.07) is 24.2. The van der Waals surface area contributed by atoms with Gasteiger partial charge in [-0.05, 0) is 48.1 Å². The number of likely N-dealkylation sites (N-methyl/N-ethyl adjacent to an activating group) is 1. The number of unbranched alkanes of at least 4 members (excludes halogenated alkanes) is 1. The molecule has 2 aliphatic rings. The van der Waals surface area contributed by atoms with Crippen LogP contribution >= 0.6 is 0 Å². The summed E-state index contributed by atoms with van der Waals surface area (Å²) in [6.45, 7) is 0.915. The smallest absolute Gasteiger partial charge is 0.334 e. The van der Waals surface area contributed by atoms with Gasteiger partial charge in [-0.15, -0.1) is 0 Å². The maximum Gasteiger partial charge on any atom is 0.334 e. The second-order valence-corrected chi connectivity index (χ2v) is 10.3. The minimum atomic E-state index is -0.817. The van der Waals surface area contributed by atoms with Gasteiger partial charge >= 0.3 is 6.03 Å². The molecule has 0 aromatic heterocycles. The number of carbonyl (C=O) groups excluding carboxylic acids is 3. The molecule has 3 aromatic carbocycles. The number of benzene rings is 3. The Labute approximate surface area is 233 Å². The van der Waals surface area contributed by atoms with Crippen LogP contribution in [0.4, 0.5) is 9.18 Å². The van der Waals surface area contributed by atoms with Crippen LogP contribution in [-0.4, -0.2) is 70.5 Å². The fourth-order valence-electron chi connectivity index (χ4n) is 5.49. The lowest BCUT2D eigenvalue weighted by atomic mass is 9.98. The highest BCUT2D eigenvalue weighted by atomic mass is 19.1. The predicted molar refractivity (Wildman–Crippen MR) is 149 cm³/mol. The summed E-state index contributed by atoms with van der Waals surface area (Å²) in [5.41, 5.74) is 2.73. The van der Waals surface area contributed by atoms with Crippen molar-refractivity contribution in [2.45, 2.75) is 38.0 Å². The van der Waals surface area contributed by atoms with Crippen LogP contribution in [0.1, 0.15) is 35.6 Å². The van der Waals surface area contributed by atoms with E-state index in [1.54, 1.807) is 34.0 Å². The van der Waals surface area contributed by atoms with Crippen molar-refractivity contribution in [3.8, 4) is 0 Å². The van der Waals surface area contributed by atoms with Crippen molar-refractivity contribution in [3.63, 3.8) is 0 Å². The molecule has 1 N–H and O–H groups in total. The third-order valence-corrected chi connectivity index (χ3v) is 7.50. The number of urea groups is 1. The Morgan fingerprint density at radius 2 is 1.57 bits per heavy atom. The Bertz CT molecular complexity index is 1320. The molecule has 208 valence electrons. The SMILES string of the molecule is CN1CC(=O)N2[C@@H](c3ccccc3)C(=O)N(CCCCc3ccccc3)C[C@@H]2N1C(=O)NCc1ccc(F)cc1. The van der Waals surface area contributed by atoms with E-state index >= 15 is 0 Å². The number of nitrogens with zero attached hydrogens (tertiary/aromatic N) is 4. The Morgan fingerprint density at radius 3 is 2.27 bits per heavy atom. The molecule has 5 rings (SSSR count).